The van der Waals surface area contributed by atoms with Gasteiger partial charge in [0.2, 0.25) is 0 Å². The van der Waals surface area contributed by atoms with Gasteiger partial charge < -0.3 is 11.1 Å². The third kappa shape index (κ3) is 3.53. The lowest BCUT2D eigenvalue weighted by Crippen LogP contribution is -2.34. The summed E-state index contributed by atoms with van der Waals surface area (Å²) in [5.74, 6) is -0.000926. The van der Waals surface area contributed by atoms with E-state index in [9.17, 15) is 4.79 Å². The van der Waals surface area contributed by atoms with E-state index in [1.54, 1.807) is 18.3 Å². The number of aromatic nitrogens is 1. The number of rotatable bonds is 3. The van der Waals surface area contributed by atoms with Crippen molar-refractivity contribution >= 4 is 5.91 Å². The molecule has 1 aromatic heterocycles. The maximum atomic E-state index is 12.1. The third-order valence-electron chi connectivity index (χ3n) is 3.48. The van der Waals surface area contributed by atoms with E-state index in [-0.39, 0.29) is 5.91 Å². The molecule has 0 unspecified atom stereocenters. The lowest BCUT2D eigenvalue weighted by atomic mass is 10.1. The number of pyridine rings is 1. The van der Waals surface area contributed by atoms with Gasteiger partial charge in [0.25, 0.3) is 5.91 Å². The van der Waals surface area contributed by atoms with E-state index >= 15 is 0 Å². The van der Waals surface area contributed by atoms with Crippen LogP contribution in [-0.2, 0) is 6.54 Å². The predicted molar refractivity (Wildman–Crippen MR) is 71.1 cm³/mol. The van der Waals surface area contributed by atoms with Crippen molar-refractivity contribution in [2.75, 3.05) is 0 Å². The van der Waals surface area contributed by atoms with E-state index in [4.69, 9.17) is 5.73 Å². The largest absolute Gasteiger partial charge is 0.349 e. The van der Waals surface area contributed by atoms with Crippen LogP contribution >= 0.6 is 0 Å². The molecule has 0 radical (unpaired) electrons. The topological polar surface area (TPSA) is 68.0 Å². The van der Waals surface area contributed by atoms with Crippen LogP contribution in [0.5, 0.6) is 0 Å². The Bertz CT molecular complexity index is 398. The lowest BCUT2D eigenvalue weighted by Gasteiger charge is -2.16. The van der Waals surface area contributed by atoms with Crippen molar-refractivity contribution in [1.29, 1.82) is 0 Å². The Hall–Kier alpha value is -1.42. The number of nitrogens with one attached hydrogen (secondary N) is 1. The quantitative estimate of drug-likeness (QED) is 0.803. The Labute approximate surface area is 108 Å². The number of hydrogen-bond donors (Lipinski definition) is 2. The predicted octanol–water partition coefficient (Wildman–Crippen LogP) is 1.99. The van der Waals surface area contributed by atoms with Crippen LogP contribution in [0, 0.1) is 0 Å². The summed E-state index contributed by atoms with van der Waals surface area (Å²) in [5.41, 5.74) is 6.94. The van der Waals surface area contributed by atoms with Gasteiger partial charge in [-0.1, -0.05) is 25.7 Å². The fourth-order valence-corrected chi connectivity index (χ4v) is 2.42. The normalized spacial score (nSPS) is 17.2. The molecule has 0 bridgehead atoms. The molecule has 0 aromatic carbocycles. The number of nitrogens with two attached hydrogens (primary N) is 1. The smallest absolute Gasteiger partial charge is 0.251 e. The van der Waals surface area contributed by atoms with Gasteiger partial charge in [0.1, 0.15) is 0 Å². The summed E-state index contributed by atoms with van der Waals surface area (Å²) in [6.07, 6.45) is 8.86. The Balaban J connectivity index is 1.97. The number of carbonyl (C=O) groups is 1. The van der Waals surface area contributed by atoms with Gasteiger partial charge in [-0.2, -0.15) is 0 Å². The van der Waals surface area contributed by atoms with Crippen LogP contribution < -0.4 is 11.1 Å². The van der Waals surface area contributed by atoms with Crippen LogP contribution in [0.1, 0.15) is 54.6 Å². The number of amides is 1. The van der Waals surface area contributed by atoms with Gasteiger partial charge in [0.15, 0.2) is 0 Å². The summed E-state index contributed by atoms with van der Waals surface area (Å²) in [7, 11) is 0. The van der Waals surface area contributed by atoms with Gasteiger partial charge in [0.05, 0.1) is 5.69 Å². The van der Waals surface area contributed by atoms with Crippen molar-refractivity contribution in [1.82, 2.24) is 10.3 Å². The molecule has 1 aliphatic carbocycles. The molecule has 4 nitrogen and oxygen atoms in total. The van der Waals surface area contributed by atoms with E-state index in [1.165, 1.54) is 25.7 Å². The van der Waals surface area contributed by atoms with Crippen molar-refractivity contribution in [3.8, 4) is 0 Å². The molecule has 0 atom stereocenters. The summed E-state index contributed by atoms with van der Waals surface area (Å²) >= 11 is 0. The molecular weight excluding hydrogens is 226 g/mol. The van der Waals surface area contributed by atoms with Crippen LogP contribution in [-0.4, -0.2) is 16.9 Å². The van der Waals surface area contributed by atoms with Gasteiger partial charge in [-0.25, -0.2) is 0 Å². The molecule has 1 aromatic rings. The van der Waals surface area contributed by atoms with E-state index < -0.39 is 0 Å². The Morgan fingerprint density at radius 3 is 2.72 bits per heavy atom. The molecule has 1 heterocycles. The number of carbonyl (C=O) groups excluding carboxylic acids is 1. The highest BCUT2D eigenvalue weighted by atomic mass is 16.1. The van der Waals surface area contributed by atoms with Crippen LogP contribution in [0.3, 0.4) is 0 Å². The SMILES string of the molecule is NCc1cc(C(=O)NC2CCCCCC2)ccn1. The highest BCUT2D eigenvalue weighted by Crippen LogP contribution is 2.17. The minimum Gasteiger partial charge on any atom is -0.349 e. The maximum absolute atomic E-state index is 12.1. The van der Waals surface area contributed by atoms with E-state index in [2.05, 4.69) is 10.3 Å². The lowest BCUT2D eigenvalue weighted by molar-refractivity contribution is 0.0933. The fraction of sp³-hybridized carbons (Fsp3) is 0.571. The standard InChI is InChI=1S/C14H21N3O/c15-10-13-9-11(7-8-16-13)14(18)17-12-5-3-1-2-4-6-12/h7-9,12H,1-6,10,15H2,(H,17,18). The first kappa shape index (κ1) is 13.0. The Morgan fingerprint density at radius 1 is 1.33 bits per heavy atom. The molecule has 1 saturated carbocycles. The molecule has 0 spiro atoms. The van der Waals surface area contributed by atoms with Gasteiger partial charge in [-0.05, 0) is 25.0 Å². The summed E-state index contributed by atoms with van der Waals surface area (Å²) in [6, 6.07) is 3.84. The number of hydrogen-bond acceptors (Lipinski definition) is 3. The number of nitrogens with zero attached hydrogens (tertiary/aromatic N) is 1. The first-order chi connectivity index (χ1) is 8.79. The minimum absolute atomic E-state index is 0.000926. The van der Waals surface area contributed by atoms with Crippen LogP contribution in [0.4, 0.5) is 0 Å². The van der Waals surface area contributed by atoms with Crippen molar-refractivity contribution in [3.05, 3.63) is 29.6 Å². The average molecular weight is 247 g/mol. The minimum atomic E-state index is -0.000926. The second kappa shape index (κ2) is 6.50. The van der Waals surface area contributed by atoms with E-state index in [0.717, 1.165) is 18.5 Å². The molecule has 1 fully saturated rings. The monoisotopic (exact) mass is 247 g/mol. The highest BCUT2D eigenvalue weighted by Gasteiger charge is 2.15. The zero-order chi connectivity index (χ0) is 12.8. The third-order valence-corrected chi connectivity index (χ3v) is 3.48. The molecule has 4 heteroatoms. The van der Waals surface area contributed by atoms with Crippen LogP contribution in [0.2, 0.25) is 0 Å². The molecule has 0 aliphatic heterocycles. The van der Waals surface area contributed by atoms with Crippen molar-refractivity contribution in [3.63, 3.8) is 0 Å². The zero-order valence-corrected chi connectivity index (χ0v) is 10.7. The first-order valence-electron chi connectivity index (χ1n) is 6.75. The zero-order valence-electron chi connectivity index (χ0n) is 10.7. The van der Waals surface area contributed by atoms with Crippen LogP contribution in [0.15, 0.2) is 18.3 Å². The van der Waals surface area contributed by atoms with E-state index in [1.807, 2.05) is 0 Å². The molecule has 98 valence electrons. The molecule has 1 amide bonds. The van der Waals surface area contributed by atoms with Crippen molar-refractivity contribution < 1.29 is 4.79 Å². The van der Waals surface area contributed by atoms with E-state index in [0.29, 0.717) is 18.2 Å². The second-order valence-corrected chi connectivity index (χ2v) is 4.90. The summed E-state index contributed by atoms with van der Waals surface area (Å²) in [5, 5.41) is 3.12. The van der Waals surface area contributed by atoms with Crippen LogP contribution in [0.25, 0.3) is 0 Å². The molecule has 1 aliphatic rings. The van der Waals surface area contributed by atoms with Gasteiger partial charge in [-0.3, -0.25) is 9.78 Å². The molecule has 2 rings (SSSR count). The second-order valence-electron chi connectivity index (χ2n) is 4.90. The molecule has 3 N–H and O–H groups in total. The summed E-state index contributed by atoms with van der Waals surface area (Å²) < 4.78 is 0. The van der Waals surface area contributed by atoms with Gasteiger partial charge >= 0.3 is 0 Å². The van der Waals surface area contributed by atoms with Gasteiger partial charge in [0, 0.05) is 24.3 Å². The average Bonchev–Trinajstić information content (AvgIpc) is 2.67. The first-order valence-corrected chi connectivity index (χ1v) is 6.75. The molecule has 18 heavy (non-hydrogen) atoms. The summed E-state index contributed by atoms with van der Waals surface area (Å²) in [6.45, 7) is 0.366. The molecule has 0 saturated heterocycles. The molecular formula is C14H21N3O. The highest BCUT2D eigenvalue weighted by molar-refractivity contribution is 5.94. The van der Waals surface area contributed by atoms with Crippen molar-refractivity contribution in [2.24, 2.45) is 5.73 Å². The van der Waals surface area contributed by atoms with Crippen molar-refractivity contribution in [2.45, 2.75) is 51.1 Å². The Kier molecular flexibility index (Phi) is 4.70. The fourth-order valence-electron chi connectivity index (χ4n) is 2.42. The Morgan fingerprint density at radius 2 is 2.06 bits per heavy atom. The van der Waals surface area contributed by atoms with Gasteiger partial charge in [-0.15, -0.1) is 0 Å². The summed E-state index contributed by atoms with van der Waals surface area (Å²) in [4.78, 5) is 16.2. The maximum Gasteiger partial charge on any atom is 0.251 e.